The summed E-state index contributed by atoms with van der Waals surface area (Å²) in [7, 11) is 0. The van der Waals surface area contributed by atoms with Gasteiger partial charge < -0.3 is 10.1 Å². The summed E-state index contributed by atoms with van der Waals surface area (Å²) in [6, 6.07) is 4.24. The van der Waals surface area contributed by atoms with Crippen molar-refractivity contribution in [2.45, 2.75) is 39.2 Å². The molecule has 7 heteroatoms. The van der Waals surface area contributed by atoms with Gasteiger partial charge in [0.1, 0.15) is 0 Å². The highest BCUT2D eigenvalue weighted by Gasteiger charge is 2.28. The highest BCUT2D eigenvalue weighted by atomic mass is 35.5. The molecule has 1 aromatic rings. The van der Waals surface area contributed by atoms with Crippen LogP contribution in [0.4, 0.5) is 5.69 Å². The summed E-state index contributed by atoms with van der Waals surface area (Å²) in [5.74, 6) is 0.768. The summed E-state index contributed by atoms with van der Waals surface area (Å²) < 4.78 is 5.31. The predicted molar refractivity (Wildman–Crippen MR) is 87.7 cm³/mol. The number of hydrogen-bond donors (Lipinski definition) is 1. The van der Waals surface area contributed by atoms with Crippen LogP contribution in [0.3, 0.4) is 0 Å². The van der Waals surface area contributed by atoms with E-state index < -0.39 is 4.92 Å². The lowest BCUT2D eigenvalue weighted by Crippen LogP contribution is -2.45. The number of nitrogens with one attached hydrogen (secondary N) is 1. The molecule has 0 bridgehead atoms. The molecule has 3 atom stereocenters. The zero-order chi connectivity index (χ0) is 17.0. The van der Waals surface area contributed by atoms with Crippen LogP contribution in [0.1, 0.15) is 33.1 Å². The number of amides is 1. The Bertz CT molecular complexity index is 593. The summed E-state index contributed by atoms with van der Waals surface area (Å²) in [5.41, 5.74) is -0.245. The molecule has 1 aromatic carbocycles. The number of nitro benzene ring substituents is 1. The number of nitro groups is 1. The lowest BCUT2D eigenvalue weighted by atomic mass is 9.78. The number of carbonyl (C=O) groups is 1. The molecule has 0 aliphatic heterocycles. The predicted octanol–water partition coefficient (Wildman–Crippen LogP) is 3.57. The monoisotopic (exact) mass is 340 g/mol. The minimum Gasteiger partial charge on any atom is -0.477 e. The number of benzene rings is 1. The van der Waals surface area contributed by atoms with E-state index in [0.717, 1.165) is 12.8 Å². The molecule has 23 heavy (non-hydrogen) atoms. The molecule has 0 spiro atoms. The molecule has 1 saturated carbocycles. The molecule has 6 nitrogen and oxygen atoms in total. The van der Waals surface area contributed by atoms with E-state index in [-0.39, 0.29) is 35.0 Å². The molecule has 1 N–H and O–H groups in total. The highest BCUT2D eigenvalue weighted by Crippen LogP contribution is 2.31. The van der Waals surface area contributed by atoms with E-state index in [4.69, 9.17) is 16.3 Å². The highest BCUT2D eigenvalue weighted by molar-refractivity contribution is 6.30. The van der Waals surface area contributed by atoms with Gasteiger partial charge in [-0.25, -0.2) is 0 Å². The van der Waals surface area contributed by atoms with Gasteiger partial charge in [0.25, 0.3) is 5.91 Å². The van der Waals surface area contributed by atoms with Gasteiger partial charge in [-0.1, -0.05) is 38.3 Å². The van der Waals surface area contributed by atoms with Crippen molar-refractivity contribution in [2.75, 3.05) is 6.61 Å². The van der Waals surface area contributed by atoms with Crippen LogP contribution in [0.5, 0.6) is 5.75 Å². The van der Waals surface area contributed by atoms with Gasteiger partial charge in [-0.05, 0) is 30.4 Å². The van der Waals surface area contributed by atoms with Gasteiger partial charge in [-0.2, -0.15) is 0 Å². The largest absolute Gasteiger partial charge is 0.477 e. The molecule has 0 saturated heterocycles. The number of rotatable bonds is 5. The van der Waals surface area contributed by atoms with Crippen molar-refractivity contribution in [1.29, 1.82) is 0 Å². The second-order valence-corrected chi connectivity index (χ2v) is 6.54. The molecular formula is C16H21ClN2O4. The Balaban J connectivity index is 1.93. The van der Waals surface area contributed by atoms with Crippen LogP contribution in [0.2, 0.25) is 5.02 Å². The van der Waals surface area contributed by atoms with E-state index in [9.17, 15) is 14.9 Å². The maximum Gasteiger partial charge on any atom is 0.312 e. The molecule has 1 aliphatic rings. The second kappa shape index (κ2) is 7.64. The fraction of sp³-hybridized carbons (Fsp3) is 0.562. The van der Waals surface area contributed by atoms with Gasteiger partial charge in [0, 0.05) is 17.1 Å². The minimum absolute atomic E-state index is 0.0413. The Morgan fingerprint density at radius 2 is 2.17 bits per heavy atom. The SMILES string of the molecule is C[C@@H]1[C@@H](C)CCC[C@H]1NC(=O)COc1ccc(Cl)cc1[N+](=O)[O-]. The number of hydrogen-bond acceptors (Lipinski definition) is 4. The van der Waals surface area contributed by atoms with E-state index in [0.29, 0.717) is 11.8 Å². The molecule has 0 unspecified atom stereocenters. The van der Waals surface area contributed by atoms with Gasteiger partial charge in [-0.3, -0.25) is 14.9 Å². The van der Waals surface area contributed by atoms with Crippen molar-refractivity contribution in [3.05, 3.63) is 33.3 Å². The fourth-order valence-electron chi connectivity index (χ4n) is 2.93. The summed E-state index contributed by atoms with van der Waals surface area (Å²) in [5, 5.41) is 14.2. The average Bonchev–Trinajstić information content (AvgIpc) is 2.50. The quantitative estimate of drug-likeness (QED) is 0.656. The van der Waals surface area contributed by atoms with Crippen LogP contribution < -0.4 is 10.1 Å². The first-order valence-corrected chi connectivity index (χ1v) is 8.12. The molecule has 0 heterocycles. The third kappa shape index (κ3) is 4.58. The van der Waals surface area contributed by atoms with Crippen LogP contribution in [-0.2, 0) is 4.79 Å². The maximum atomic E-state index is 12.1. The Morgan fingerprint density at radius 3 is 2.87 bits per heavy atom. The molecule has 2 rings (SSSR count). The lowest BCUT2D eigenvalue weighted by molar-refractivity contribution is -0.385. The molecule has 1 fully saturated rings. The molecule has 1 aliphatic carbocycles. The summed E-state index contributed by atoms with van der Waals surface area (Å²) in [4.78, 5) is 22.5. The molecule has 1 amide bonds. The topological polar surface area (TPSA) is 81.5 Å². The lowest BCUT2D eigenvalue weighted by Gasteiger charge is -2.34. The Labute approximate surface area is 140 Å². The fourth-order valence-corrected chi connectivity index (χ4v) is 3.10. The van der Waals surface area contributed by atoms with Crippen LogP contribution >= 0.6 is 11.6 Å². The normalized spacial score (nSPS) is 24.0. The number of carbonyl (C=O) groups excluding carboxylic acids is 1. The van der Waals surface area contributed by atoms with Gasteiger partial charge in [0.15, 0.2) is 12.4 Å². The molecular weight excluding hydrogens is 320 g/mol. The van der Waals surface area contributed by atoms with Crippen molar-refractivity contribution < 1.29 is 14.5 Å². The smallest absolute Gasteiger partial charge is 0.312 e. The van der Waals surface area contributed by atoms with Gasteiger partial charge in [-0.15, -0.1) is 0 Å². The second-order valence-electron chi connectivity index (χ2n) is 6.10. The Hall–Kier alpha value is -1.82. The average molecular weight is 341 g/mol. The van der Waals surface area contributed by atoms with Crippen molar-refractivity contribution in [3.8, 4) is 5.75 Å². The summed E-state index contributed by atoms with van der Waals surface area (Å²) >= 11 is 5.74. The first-order valence-electron chi connectivity index (χ1n) is 7.74. The van der Waals surface area contributed by atoms with E-state index in [1.807, 2.05) is 0 Å². The van der Waals surface area contributed by atoms with E-state index in [1.165, 1.54) is 24.6 Å². The van der Waals surface area contributed by atoms with Crippen molar-refractivity contribution in [2.24, 2.45) is 11.8 Å². The zero-order valence-electron chi connectivity index (χ0n) is 13.3. The standard InChI is InChI=1S/C16H21ClN2O4/c1-10-4-3-5-13(11(10)2)18-16(20)9-23-15-7-6-12(17)8-14(15)19(21)22/h6-8,10-11,13H,3-5,9H2,1-2H3,(H,18,20)/t10-,11+,13+/m0/s1. The Morgan fingerprint density at radius 1 is 1.43 bits per heavy atom. The first-order chi connectivity index (χ1) is 10.9. The molecule has 0 aromatic heterocycles. The van der Waals surface area contributed by atoms with E-state index in [2.05, 4.69) is 19.2 Å². The van der Waals surface area contributed by atoms with Crippen LogP contribution in [0, 0.1) is 22.0 Å². The first kappa shape index (κ1) is 17.5. The third-order valence-electron chi connectivity index (χ3n) is 4.53. The van der Waals surface area contributed by atoms with Gasteiger partial charge >= 0.3 is 5.69 Å². The van der Waals surface area contributed by atoms with Gasteiger partial charge in [0.05, 0.1) is 4.92 Å². The molecule has 126 valence electrons. The van der Waals surface area contributed by atoms with E-state index >= 15 is 0 Å². The van der Waals surface area contributed by atoms with Crippen LogP contribution in [-0.4, -0.2) is 23.5 Å². The van der Waals surface area contributed by atoms with Crippen molar-refractivity contribution in [1.82, 2.24) is 5.32 Å². The molecule has 0 radical (unpaired) electrons. The minimum atomic E-state index is -0.579. The van der Waals surface area contributed by atoms with Crippen LogP contribution in [0.25, 0.3) is 0 Å². The zero-order valence-corrected chi connectivity index (χ0v) is 14.0. The number of halogens is 1. The number of nitrogens with zero attached hydrogens (tertiary/aromatic N) is 1. The summed E-state index contributed by atoms with van der Waals surface area (Å²) in [6.45, 7) is 4.08. The van der Waals surface area contributed by atoms with Gasteiger partial charge in [0.2, 0.25) is 0 Å². The Kier molecular flexibility index (Phi) is 5.82. The van der Waals surface area contributed by atoms with Crippen molar-refractivity contribution in [3.63, 3.8) is 0 Å². The van der Waals surface area contributed by atoms with Crippen LogP contribution in [0.15, 0.2) is 18.2 Å². The summed E-state index contributed by atoms with van der Waals surface area (Å²) in [6.07, 6.45) is 3.24. The third-order valence-corrected chi connectivity index (χ3v) is 4.76. The number of ether oxygens (including phenoxy) is 1. The van der Waals surface area contributed by atoms with E-state index in [1.54, 1.807) is 0 Å². The van der Waals surface area contributed by atoms with Crippen molar-refractivity contribution >= 4 is 23.2 Å². The maximum absolute atomic E-state index is 12.1.